The first-order chi connectivity index (χ1) is 7.23. The third-order valence-corrected chi connectivity index (χ3v) is 3.63. The monoisotopic (exact) mass is 203 g/mol. The Bertz CT molecular complexity index is 425. The van der Waals surface area contributed by atoms with Crippen LogP contribution in [0.2, 0.25) is 0 Å². The summed E-state index contributed by atoms with van der Waals surface area (Å²) >= 11 is 0. The molecular formula is C12H13NO2. The number of benzene rings is 1. The topological polar surface area (TPSA) is 49.3 Å². The number of aliphatic hydroxyl groups is 1. The number of hydrogen-bond acceptors (Lipinski definition) is 2. The average Bonchev–Trinajstić information content (AvgIpc) is 2.38. The lowest BCUT2D eigenvalue weighted by atomic mass is 9.70. The van der Waals surface area contributed by atoms with E-state index in [1.54, 1.807) is 0 Å². The molecule has 3 rings (SSSR count). The van der Waals surface area contributed by atoms with Crippen molar-refractivity contribution < 1.29 is 9.90 Å². The Kier molecular flexibility index (Phi) is 1.68. The molecule has 1 atom stereocenters. The van der Waals surface area contributed by atoms with E-state index in [2.05, 4.69) is 5.32 Å². The summed E-state index contributed by atoms with van der Waals surface area (Å²) in [7, 11) is 0. The number of carbonyl (C=O) groups is 1. The third kappa shape index (κ3) is 1.01. The van der Waals surface area contributed by atoms with Gasteiger partial charge in [0.15, 0.2) is 5.60 Å². The highest BCUT2D eigenvalue weighted by atomic mass is 16.3. The van der Waals surface area contributed by atoms with E-state index >= 15 is 0 Å². The van der Waals surface area contributed by atoms with Crippen molar-refractivity contribution in [1.29, 1.82) is 0 Å². The molecule has 1 unspecified atom stereocenters. The van der Waals surface area contributed by atoms with Gasteiger partial charge < -0.3 is 10.4 Å². The van der Waals surface area contributed by atoms with Crippen molar-refractivity contribution in [1.82, 2.24) is 0 Å². The summed E-state index contributed by atoms with van der Waals surface area (Å²) in [5, 5.41) is 13.3. The van der Waals surface area contributed by atoms with Gasteiger partial charge in [-0.15, -0.1) is 0 Å². The summed E-state index contributed by atoms with van der Waals surface area (Å²) in [6.07, 6.45) is 3.00. The molecule has 0 bridgehead atoms. The number of hydrogen-bond donors (Lipinski definition) is 2. The number of amides is 1. The molecule has 0 saturated heterocycles. The first-order valence-electron chi connectivity index (χ1n) is 5.36. The van der Waals surface area contributed by atoms with Crippen LogP contribution in [0.15, 0.2) is 24.3 Å². The maximum atomic E-state index is 11.8. The first kappa shape index (κ1) is 8.92. The molecular weight excluding hydrogens is 190 g/mol. The second-order valence-electron chi connectivity index (χ2n) is 4.39. The van der Waals surface area contributed by atoms with Crippen molar-refractivity contribution in [3.05, 3.63) is 29.8 Å². The molecule has 1 fully saturated rings. The minimum absolute atomic E-state index is 0.0983. The highest BCUT2D eigenvalue weighted by Crippen LogP contribution is 2.48. The molecule has 1 aromatic rings. The smallest absolute Gasteiger partial charge is 0.261 e. The predicted octanol–water partition coefficient (Wildman–Crippen LogP) is 1.63. The molecule has 2 aliphatic rings. The van der Waals surface area contributed by atoms with Crippen molar-refractivity contribution in [2.45, 2.75) is 24.9 Å². The number of carbonyl (C=O) groups excluding carboxylic acids is 1. The Hall–Kier alpha value is -1.35. The Balaban J connectivity index is 2.11. The van der Waals surface area contributed by atoms with Crippen LogP contribution >= 0.6 is 0 Å². The van der Waals surface area contributed by atoms with E-state index in [1.165, 1.54) is 0 Å². The second-order valence-corrected chi connectivity index (χ2v) is 4.39. The normalized spacial score (nSPS) is 29.5. The van der Waals surface area contributed by atoms with Gasteiger partial charge in [0.2, 0.25) is 0 Å². The van der Waals surface area contributed by atoms with Crippen LogP contribution in [-0.2, 0) is 10.4 Å². The minimum atomic E-state index is -1.27. The maximum Gasteiger partial charge on any atom is 0.261 e. The summed E-state index contributed by atoms with van der Waals surface area (Å²) < 4.78 is 0. The molecule has 3 nitrogen and oxygen atoms in total. The van der Waals surface area contributed by atoms with Crippen LogP contribution in [0.4, 0.5) is 5.69 Å². The number of para-hydroxylation sites is 1. The molecule has 0 spiro atoms. The molecule has 78 valence electrons. The largest absolute Gasteiger partial charge is 0.375 e. The van der Waals surface area contributed by atoms with E-state index < -0.39 is 5.60 Å². The Morgan fingerprint density at radius 1 is 1.33 bits per heavy atom. The standard InChI is InChI=1S/C12H13NO2/c14-11-12(15,8-4-3-5-8)9-6-1-2-7-10(9)13-11/h1-2,6-8,15H,3-5H2,(H,13,14). The fourth-order valence-corrected chi connectivity index (χ4v) is 2.50. The summed E-state index contributed by atoms with van der Waals surface area (Å²) in [6, 6.07) is 7.41. The van der Waals surface area contributed by atoms with Crippen molar-refractivity contribution in [2.24, 2.45) is 5.92 Å². The zero-order valence-electron chi connectivity index (χ0n) is 8.36. The maximum absolute atomic E-state index is 11.8. The van der Waals surface area contributed by atoms with Gasteiger partial charge in [0, 0.05) is 17.2 Å². The molecule has 1 heterocycles. The van der Waals surface area contributed by atoms with Gasteiger partial charge in [-0.05, 0) is 18.9 Å². The molecule has 0 aromatic heterocycles. The quantitative estimate of drug-likeness (QED) is 0.728. The highest BCUT2D eigenvalue weighted by Gasteiger charge is 2.52. The molecule has 1 aliphatic carbocycles. The summed E-state index contributed by atoms with van der Waals surface area (Å²) in [5.74, 6) is -0.158. The predicted molar refractivity (Wildman–Crippen MR) is 56.3 cm³/mol. The summed E-state index contributed by atoms with van der Waals surface area (Å²) in [4.78, 5) is 11.8. The van der Waals surface area contributed by atoms with Crippen LogP contribution in [0.3, 0.4) is 0 Å². The van der Waals surface area contributed by atoms with Gasteiger partial charge in [0.1, 0.15) is 0 Å². The fourth-order valence-electron chi connectivity index (χ4n) is 2.50. The van der Waals surface area contributed by atoms with Crippen molar-refractivity contribution in [2.75, 3.05) is 5.32 Å². The zero-order chi connectivity index (χ0) is 10.5. The van der Waals surface area contributed by atoms with Crippen LogP contribution in [0, 0.1) is 5.92 Å². The number of rotatable bonds is 1. The van der Waals surface area contributed by atoms with Crippen molar-refractivity contribution in [3.63, 3.8) is 0 Å². The lowest BCUT2D eigenvalue weighted by Gasteiger charge is -2.37. The minimum Gasteiger partial charge on any atom is -0.375 e. The van der Waals surface area contributed by atoms with Gasteiger partial charge in [-0.3, -0.25) is 4.79 Å². The molecule has 1 amide bonds. The number of fused-ring (bicyclic) bond motifs is 1. The zero-order valence-corrected chi connectivity index (χ0v) is 8.36. The van der Waals surface area contributed by atoms with E-state index in [-0.39, 0.29) is 11.8 Å². The lowest BCUT2D eigenvalue weighted by Crippen LogP contribution is -2.44. The molecule has 1 saturated carbocycles. The van der Waals surface area contributed by atoms with Crippen LogP contribution in [0.1, 0.15) is 24.8 Å². The number of nitrogens with one attached hydrogen (secondary N) is 1. The van der Waals surface area contributed by atoms with E-state index in [1.807, 2.05) is 24.3 Å². The van der Waals surface area contributed by atoms with Crippen molar-refractivity contribution in [3.8, 4) is 0 Å². The lowest BCUT2D eigenvalue weighted by molar-refractivity contribution is -0.144. The Morgan fingerprint density at radius 2 is 2.07 bits per heavy atom. The molecule has 1 aromatic carbocycles. The number of anilines is 1. The van der Waals surface area contributed by atoms with Crippen LogP contribution in [0.5, 0.6) is 0 Å². The third-order valence-electron chi connectivity index (χ3n) is 3.63. The van der Waals surface area contributed by atoms with E-state index in [9.17, 15) is 9.90 Å². The van der Waals surface area contributed by atoms with E-state index in [0.717, 1.165) is 30.5 Å². The van der Waals surface area contributed by atoms with Crippen LogP contribution in [-0.4, -0.2) is 11.0 Å². The van der Waals surface area contributed by atoms with Gasteiger partial charge >= 0.3 is 0 Å². The van der Waals surface area contributed by atoms with Gasteiger partial charge in [0.25, 0.3) is 5.91 Å². The molecule has 1 aliphatic heterocycles. The SMILES string of the molecule is O=C1Nc2ccccc2C1(O)C1CCC1. The van der Waals surface area contributed by atoms with Crippen LogP contribution in [0.25, 0.3) is 0 Å². The van der Waals surface area contributed by atoms with Crippen LogP contribution < -0.4 is 5.32 Å². The highest BCUT2D eigenvalue weighted by molar-refractivity contribution is 6.05. The first-order valence-corrected chi connectivity index (χ1v) is 5.36. The van der Waals surface area contributed by atoms with E-state index in [4.69, 9.17) is 0 Å². The molecule has 3 heteroatoms. The Labute approximate surface area is 88.1 Å². The van der Waals surface area contributed by atoms with Gasteiger partial charge in [-0.2, -0.15) is 0 Å². The van der Waals surface area contributed by atoms with E-state index in [0.29, 0.717) is 0 Å². The fraction of sp³-hybridized carbons (Fsp3) is 0.417. The molecule has 2 N–H and O–H groups in total. The summed E-state index contributed by atoms with van der Waals surface area (Å²) in [5.41, 5.74) is 0.242. The average molecular weight is 203 g/mol. The summed E-state index contributed by atoms with van der Waals surface area (Å²) in [6.45, 7) is 0. The van der Waals surface area contributed by atoms with Crippen molar-refractivity contribution >= 4 is 11.6 Å². The molecule has 0 radical (unpaired) electrons. The Morgan fingerprint density at radius 3 is 2.73 bits per heavy atom. The van der Waals surface area contributed by atoms with Gasteiger partial charge in [0.05, 0.1) is 0 Å². The van der Waals surface area contributed by atoms with Gasteiger partial charge in [-0.1, -0.05) is 24.6 Å². The second kappa shape index (κ2) is 2.83. The molecule has 15 heavy (non-hydrogen) atoms. The van der Waals surface area contributed by atoms with Gasteiger partial charge in [-0.25, -0.2) is 0 Å².